The number of aromatic nitrogens is 2. The van der Waals surface area contributed by atoms with Crippen molar-refractivity contribution in [1.29, 1.82) is 0 Å². The molecule has 3 rings (SSSR count). The van der Waals surface area contributed by atoms with E-state index in [9.17, 15) is 5.11 Å². The number of likely N-dealkylation sites (tertiary alicyclic amines) is 1. The molecular weight excluding hydrogens is 370 g/mol. The van der Waals surface area contributed by atoms with Crippen LogP contribution in [-0.4, -0.2) is 54.3 Å². The number of nitrogens with zero attached hydrogens (tertiary/aromatic N) is 3. The Morgan fingerprint density at radius 3 is 2.64 bits per heavy atom. The smallest absolute Gasteiger partial charge is 0.246 e. The molecule has 1 aliphatic rings. The SMILES string of the molecule is CC(C)(C)[Si](C)(C)OC[C@@H]1CCCN1[C@H](CO)c1nc(-c2ccccc2)no1. The van der Waals surface area contributed by atoms with Crippen LogP contribution in [-0.2, 0) is 4.43 Å². The fourth-order valence-electron chi connectivity index (χ4n) is 3.37. The number of benzene rings is 1. The molecule has 6 nitrogen and oxygen atoms in total. The highest BCUT2D eigenvalue weighted by Crippen LogP contribution is 2.38. The van der Waals surface area contributed by atoms with Crippen LogP contribution in [0.1, 0.15) is 45.5 Å². The Bertz CT molecular complexity index is 758. The lowest BCUT2D eigenvalue weighted by molar-refractivity contribution is 0.0650. The average Bonchev–Trinajstić information content (AvgIpc) is 3.31. The zero-order valence-electron chi connectivity index (χ0n) is 17.7. The van der Waals surface area contributed by atoms with E-state index in [1.807, 2.05) is 30.3 Å². The van der Waals surface area contributed by atoms with Crippen molar-refractivity contribution < 1.29 is 14.1 Å². The first-order chi connectivity index (χ1) is 13.2. The lowest BCUT2D eigenvalue weighted by Gasteiger charge is -2.38. The Kier molecular flexibility index (Phi) is 6.39. The molecule has 0 spiro atoms. The summed E-state index contributed by atoms with van der Waals surface area (Å²) in [5.74, 6) is 1.03. The van der Waals surface area contributed by atoms with E-state index in [2.05, 4.69) is 48.9 Å². The van der Waals surface area contributed by atoms with Gasteiger partial charge in [0.1, 0.15) is 6.04 Å². The van der Waals surface area contributed by atoms with E-state index in [-0.39, 0.29) is 23.7 Å². The van der Waals surface area contributed by atoms with Gasteiger partial charge in [0.25, 0.3) is 0 Å². The van der Waals surface area contributed by atoms with Crippen LogP contribution in [0, 0.1) is 0 Å². The van der Waals surface area contributed by atoms with E-state index in [1.54, 1.807) is 0 Å². The molecular formula is C21H33N3O3Si. The first-order valence-electron chi connectivity index (χ1n) is 10.1. The molecule has 0 radical (unpaired) electrons. The van der Waals surface area contributed by atoms with Gasteiger partial charge in [0.2, 0.25) is 11.7 Å². The molecule has 28 heavy (non-hydrogen) atoms. The standard InChI is InChI=1S/C21H33N3O3Si/c1-21(2,3)28(4,5)26-15-17-12-9-13-24(17)18(14-25)20-22-19(23-27-20)16-10-7-6-8-11-16/h6-8,10-11,17-18,25H,9,12-15H2,1-5H3/t17-,18+/m0/s1. The average molecular weight is 404 g/mol. The summed E-state index contributed by atoms with van der Waals surface area (Å²) in [5.41, 5.74) is 0.911. The summed E-state index contributed by atoms with van der Waals surface area (Å²) in [4.78, 5) is 6.84. The van der Waals surface area contributed by atoms with Crippen LogP contribution >= 0.6 is 0 Å². The highest BCUT2D eigenvalue weighted by Gasteiger charge is 2.40. The number of hydrogen-bond acceptors (Lipinski definition) is 6. The monoisotopic (exact) mass is 403 g/mol. The summed E-state index contributed by atoms with van der Waals surface area (Å²) in [6.45, 7) is 12.9. The molecule has 0 aliphatic carbocycles. The number of aliphatic hydroxyl groups is 1. The summed E-state index contributed by atoms with van der Waals surface area (Å²) in [6.07, 6.45) is 2.15. The van der Waals surface area contributed by atoms with Crippen molar-refractivity contribution in [3.8, 4) is 11.4 Å². The maximum Gasteiger partial charge on any atom is 0.246 e. The molecule has 0 bridgehead atoms. The largest absolute Gasteiger partial charge is 0.415 e. The highest BCUT2D eigenvalue weighted by molar-refractivity contribution is 6.74. The fraction of sp³-hybridized carbons (Fsp3) is 0.619. The van der Waals surface area contributed by atoms with E-state index in [1.165, 1.54) is 0 Å². The van der Waals surface area contributed by atoms with Crippen LogP contribution in [0.25, 0.3) is 11.4 Å². The van der Waals surface area contributed by atoms with Gasteiger partial charge in [-0.3, -0.25) is 4.90 Å². The molecule has 1 aromatic carbocycles. The van der Waals surface area contributed by atoms with E-state index in [0.29, 0.717) is 18.3 Å². The van der Waals surface area contributed by atoms with Crippen LogP contribution < -0.4 is 0 Å². The predicted molar refractivity (Wildman–Crippen MR) is 112 cm³/mol. The highest BCUT2D eigenvalue weighted by atomic mass is 28.4. The third-order valence-corrected chi connectivity index (χ3v) is 10.7. The minimum Gasteiger partial charge on any atom is -0.415 e. The third-order valence-electron chi connectivity index (χ3n) is 6.20. The van der Waals surface area contributed by atoms with Crippen LogP contribution in [0.2, 0.25) is 18.1 Å². The quantitative estimate of drug-likeness (QED) is 0.697. The van der Waals surface area contributed by atoms with Crippen molar-refractivity contribution in [1.82, 2.24) is 15.0 Å². The van der Waals surface area contributed by atoms with Gasteiger partial charge >= 0.3 is 0 Å². The van der Waals surface area contributed by atoms with Gasteiger partial charge in [0, 0.05) is 18.2 Å². The maximum atomic E-state index is 10.1. The molecule has 1 saturated heterocycles. The Balaban J connectivity index is 1.72. The molecule has 1 fully saturated rings. The Labute approximate surface area is 169 Å². The minimum atomic E-state index is -1.81. The van der Waals surface area contributed by atoms with Crippen LogP contribution in [0.3, 0.4) is 0 Å². The molecule has 7 heteroatoms. The lowest BCUT2D eigenvalue weighted by Crippen LogP contribution is -2.45. The number of aliphatic hydroxyl groups excluding tert-OH is 1. The van der Waals surface area contributed by atoms with Crippen molar-refractivity contribution in [3.63, 3.8) is 0 Å². The summed E-state index contributed by atoms with van der Waals surface area (Å²) in [5, 5.41) is 14.4. The molecule has 1 N–H and O–H groups in total. The Morgan fingerprint density at radius 2 is 2.00 bits per heavy atom. The minimum absolute atomic E-state index is 0.0486. The summed E-state index contributed by atoms with van der Waals surface area (Å²) in [7, 11) is -1.81. The molecule has 2 heterocycles. The molecule has 0 unspecified atom stereocenters. The normalized spacial score (nSPS) is 19.9. The van der Waals surface area contributed by atoms with Crippen LogP contribution in [0.4, 0.5) is 0 Å². The van der Waals surface area contributed by atoms with Gasteiger partial charge in [-0.1, -0.05) is 56.3 Å². The molecule has 0 saturated carbocycles. The molecule has 1 aliphatic heterocycles. The van der Waals surface area contributed by atoms with Crippen molar-refractivity contribution >= 4 is 8.32 Å². The van der Waals surface area contributed by atoms with E-state index >= 15 is 0 Å². The van der Waals surface area contributed by atoms with Gasteiger partial charge in [-0.05, 0) is 37.5 Å². The van der Waals surface area contributed by atoms with Gasteiger partial charge in [0.05, 0.1) is 6.61 Å². The molecule has 2 atom stereocenters. The van der Waals surface area contributed by atoms with E-state index in [4.69, 9.17) is 8.95 Å². The second-order valence-corrected chi connectivity index (χ2v) is 13.9. The van der Waals surface area contributed by atoms with Crippen molar-refractivity contribution in [2.45, 2.75) is 63.8 Å². The molecule has 154 valence electrons. The van der Waals surface area contributed by atoms with E-state index < -0.39 is 8.32 Å². The fourth-order valence-corrected chi connectivity index (χ4v) is 4.41. The Hall–Kier alpha value is -1.54. The third kappa shape index (κ3) is 4.54. The molecule has 1 aromatic heterocycles. The topological polar surface area (TPSA) is 71.6 Å². The van der Waals surface area contributed by atoms with Gasteiger partial charge in [-0.25, -0.2) is 0 Å². The van der Waals surface area contributed by atoms with Crippen molar-refractivity contribution in [2.24, 2.45) is 0 Å². The zero-order valence-corrected chi connectivity index (χ0v) is 18.7. The first kappa shape index (κ1) is 21.2. The summed E-state index contributed by atoms with van der Waals surface area (Å²) in [6, 6.07) is 9.73. The van der Waals surface area contributed by atoms with Crippen LogP contribution in [0.15, 0.2) is 34.9 Å². The number of hydrogen-bond donors (Lipinski definition) is 1. The zero-order chi connectivity index (χ0) is 20.4. The Morgan fingerprint density at radius 1 is 1.29 bits per heavy atom. The van der Waals surface area contributed by atoms with Gasteiger partial charge in [-0.15, -0.1) is 0 Å². The van der Waals surface area contributed by atoms with Gasteiger partial charge < -0.3 is 14.1 Å². The molecule has 0 amide bonds. The van der Waals surface area contributed by atoms with Gasteiger partial charge in [0.15, 0.2) is 8.32 Å². The first-order valence-corrected chi connectivity index (χ1v) is 13.0. The van der Waals surface area contributed by atoms with E-state index in [0.717, 1.165) is 24.9 Å². The molecule has 2 aromatic rings. The van der Waals surface area contributed by atoms with Crippen molar-refractivity contribution in [2.75, 3.05) is 19.8 Å². The predicted octanol–water partition coefficient (Wildman–Crippen LogP) is 4.26. The summed E-state index contributed by atoms with van der Waals surface area (Å²) >= 11 is 0. The van der Waals surface area contributed by atoms with Crippen LogP contribution in [0.5, 0.6) is 0 Å². The second-order valence-electron chi connectivity index (χ2n) is 9.13. The van der Waals surface area contributed by atoms with Crippen molar-refractivity contribution in [3.05, 3.63) is 36.2 Å². The lowest BCUT2D eigenvalue weighted by atomic mass is 10.2. The summed E-state index contributed by atoms with van der Waals surface area (Å²) < 4.78 is 12.0. The number of rotatable bonds is 7. The second kappa shape index (κ2) is 8.45. The van der Waals surface area contributed by atoms with Gasteiger partial charge in [-0.2, -0.15) is 4.98 Å². The maximum absolute atomic E-state index is 10.1.